The quantitative estimate of drug-likeness (QED) is 0.526. The van der Waals surface area contributed by atoms with Gasteiger partial charge in [-0.2, -0.15) is 9.78 Å². The molecule has 0 aliphatic heterocycles. The summed E-state index contributed by atoms with van der Waals surface area (Å²) in [6.07, 6.45) is 0.577. The van der Waals surface area contributed by atoms with Crippen LogP contribution in [0, 0.1) is 5.82 Å². The number of amides is 1. The minimum Gasteiger partial charge on any atom is -0.306 e. The van der Waals surface area contributed by atoms with Crippen LogP contribution < -0.4 is 10.9 Å². The number of H-pyrrole nitrogens is 1. The highest BCUT2D eigenvalue weighted by Crippen LogP contribution is 2.27. The Labute approximate surface area is 168 Å². The van der Waals surface area contributed by atoms with Gasteiger partial charge in [0.25, 0.3) is 11.5 Å². The van der Waals surface area contributed by atoms with Gasteiger partial charge in [0, 0.05) is 23.4 Å². The van der Waals surface area contributed by atoms with Crippen LogP contribution in [0.4, 0.5) is 10.2 Å². The van der Waals surface area contributed by atoms with Crippen LogP contribution in [-0.2, 0) is 6.42 Å². The van der Waals surface area contributed by atoms with Gasteiger partial charge in [0.2, 0.25) is 5.95 Å². The number of nitrogens with one attached hydrogen (secondary N) is 2. The van der Waals surface area contributed by atoms with Crippen molar-refractivity contribution < 1.29 is 9.18 Å². The molecule has 0 saturated heterocycles. The third-order valence-electron chi connectivity index (χ3n) is 4.18. The van der Waals surface area contributed by atoms with Gasteiger partial charge in [0.15, 0.2) is 0 Å². The number of nitrogens with zero attached hydrogens (tertiary/aromatic N) is 3. The zero-order valence-electron chi connectivity index (χ0n) is 15.3. The number of thiophene rings is 1. The summed E-state index contributed by atoms with van der Waals surface area (Å²) in [6, 6.07) is 12.1. The van der Waals surface area contributed by atoms with Crippen LogP contribution in [0.3, 0.4) is 0 Å². The third kappa shape index (κ3) is 3.99. The maximum absolute atomic E-state index is 13.1. The molecule has 3 aromatic heterocycles. The lowest BCUT2D eigenvalue weighted by molar-refractivity contribution is 0.102. The number of rotatable bonds is 5. The number of aromatic nitrogens is 4. The molecule has 0 saturated carbocycles. The Balaban J connectivity index is 1.77. The molecule has 9 heteroatoms. The van der Waals surface area contributed by atoms with Crippen molar-refractivity contribution in [1.29, 1.82) is 0 Å². The average Bonchev–Trinajstić information content (AvgIpc) is 3.38. The first kappa shape index (κ1) is 18.8. The predicted octanol–water partition coefficient (Wildman–Crippen LogP) is 3.64. The van der Waals surface area contributed by atoms with Gasteiger partial charge in [-0.05, 0) is 42.1 Å². The number of hydrogen-bond acceptors (Lipinski definition) is 5. The molecule has 0 spiro atoms. The van der Waals surface area contributed by atoms with Crippen molar-refractivity contribution in [2.75, 3.05) is 5.32 Å². The maximum atomic E-state index is 13.1. The zero-order valence-corrected chi connectivity index (χ0v) is 16.2. The van der Waals surface area contributed by atoms with Gasteiger partial charge in [-0.15, -0.1) is 11.3 Å². The Morgan fingerprint density at radius 3 is 2.72 bits per heavy atom. The summed E-state index contributed by atoms with van der Waals surface area (Å²) >= 11 is 1.50. The highest BCUT2D eigenvalue weighted by atomic mass is 32.1. The van der Waals surface area contributed by atoms with E-state index >= 15 is 0 Å². The fourth-order valence-electron chi connectivity index (χ4n) is 2.74. The molecule has 1 amide bonds. The molecular formula is C20H16FN5O2S. The Bertz CT molecular complexity index is 1210. The lowest BCUT2D eigenvalue weighted by Crippen LogP contribution is -2.19. The summed E-state index contributed by atoms with van der Waals surface area (Å²) in [5, 5.41) is 9.21. The van der Waals surface area contributed by atoms with Crippen molar-refractivity contribution in [1.82, 2.24) is 19.7 Å². The molecule has 0 unspecified atom stereocenters. The van der Waals surface area contributed by atoms with Crippen LogP contribution in [-0.4, -0.2) is 25.7 Å². The van der Waals surface area contributed by atoms with Crippen LogP contribution in [0.1, 0.15) is 23.0 Å². The molecule has 0 radical (unpaired) electrons. The first-order chi connectivity index (χ1) is 14.0. The summed E-state index contributed by atoms with van der Waals surface area (Å²) in [6.45, 7) is 1.89. The average molecular weight is 409 g/mol. The van der Waals surface area contributed by atoms with E-state index in [0.717, 1.165) is 4.88 Å². The Morgan fingerprint density at radius 1 is 1.24 bits per heavy atom. The van der Waals surface area contributed by atoms with Gasteiger partial charge < -0.3 is 5.32 Å². The molecule has 4 rings (SSSR count). The maximum Gasteiger partial charge on any atom is 0.256 e. The smallest absolute Gasteiger partial charge is 0.256 e. The van der Waals surface area contributed by atoms with E-state index in [-0.39, 0.29) is 11.5 Å². The molecule has 0 aliphatic carbocycles. The largest absolute Gasteiger partial charge is 0.306 e. The van der Waals surface area contributed by atoms with Crippen molar-refractivity contribution >= 4 is 23.1 Å². The molecule has 4 aromatic rings. The van der Waals surface area contributed by atoms with E-state index in [0.29, 0.717) is 29.2 Å². The molecular weight excluding hydrogens is 393 g/mol. The van der Waals surface area contributed by atoms with E-state index in [9.17, 15) is 14.0 Å². The van der Waals surface area contributed by atoms with Crippen LogP contribution in [0.25, 0.3) is 16.5 Å². The van der Waals surface area contributed by atoms with Crippen molar-refractivity contribution in [3.63, 3.8) is 0 Å². The molecule has 7 nitrogen and oxygen atoms in total. The molecule has 3 heterocycles. The summed E-state index contributed by atoms with van der Waals surface area (Å²) < 4.78 is 14.5. The molecule has 0 atom stereocenters. The lowest BCUT2D eigenvalue weighted by Gasteiger charge is -2.09. The number of hydrogen-bond donors (Lipinski definition) is 2. The molecule has 0 fully saturated rings. The summed E-state index contributed by atoms with van der Waals surface area (Å²) in [7, 11) is 0. The van der Waals surface area contributed by atoms with Gasteiger partial charge >= 0.3 is 0 Å². The molecule has 0 aliphatic rings. The molecule has 0 bridgehead atoms. The van der Waals surface area contributed by atoms with Crippen LogP contribution in [0.2, 0.25) is 0 Å². The minimum atomic E-state index is -0.433. The number of aryl methyl sites for hydroxylation is 1. The monoisotopic (exact) mass is 409 g/mol. The number of carbonyl (C=O) groups excluding carboxylic acids is 1. The van der Waals surface area contributed by atoms with Crippen molar-refractivity contribution in [2.45, 2.75) is 13.3 Å². The second-order valence-corrected chi connectivity index (χ2v) is 7.13. The molecule has 29 heavy (non-hydrogen) atoms. The minimum absolute atomic E-state index is 0.201. The van der Waals surface area contributed by atoms with Crippen molar-refractivity contribution in [2.24, 2.45) is 0 Å². The number of aromatic amines is 1. The number of carbonyl (C=O) groups is 1. The van der Waals surface area contributed by atoms with Crippen LogP contribution in [0.5, 0.6) is 0 Å². The SMILES string of the molecule is CCc1cc(=O)[nH]c(-n2nc(-c3cccs3)cc2NC(=O)c2ccc(F)cc2)n1. The molecule has 2 N–H and O–H groups in total. The zero-order chi connectivity index (χ0) is 20.4. The van der Waals surface area contributed by atoms with Gasteiger partial charge in [-0.1, -0.05) is 13.0 Å². The van der Waals surface area contributed by atoms with E-state index in [1.54, 1.807) is 6.07 Å². The Kier molecular flexibility index (Phi) is 5.05. The standard InChI is InChI=1S/C20H16FN5O2S/c1-2-14-10-18(27)24-20(22-14)26-17(11-15(25-26)16-4-3-9-29-16)23-19(28)12-5-7-13(21)8-6-12/h3-11H,2H2,1H3,(H,23,28)(H,22,24,27). The Hall–Kier alpha value is -3.59. The summed E-state index contributed by atoms with van der Waals surface area (Å²) in [5.74, 6) is -0.326. The number of anilines is 1. The summed E-state index contributed by atoms with van der Waals surface area (Å²) in [4.78, 5) is 32.6. The normalized spacial score (nSPS) is 10.8. The number of halogens is 1. The Morgan fingerprint density at radius 2 is 2.03 bits per heavy atom. The third-order valence-corrected chi connectivity index (χ3v) is 5.07. The van der Waals surface area contributed by atoms with Crippen LogP contribution in [0.15, 0.2) is 58.7 Å². The molecule has 146 valence electrons. The fourth-order valence-corrected chi connectivity index (χ4v) is 3.42. The van der Waals surface area contributed by atoms with E-state index in [2.05, 4.69) is 20.4 Å². The van der Waals surface area contributed by atoms with E-state index in [4.69, 9.17) is 0 Å². The van der Waals surface area contributed by atoms with Crippen molar-refractivity contribution in [3.05, 3.63) is 81.3 Å². The first-order valence-electron chi connectivity index (χ1n) is 8.85. The summed E-state index contributed by atoms with van der Waals surface area (Å²) in [5.41, 5.74) is 1.21. The second kappa shape index (κ2) is 7.80. The lowest BCUT2D eigenvalue weighted by atomic mass is 10.2. The van der Waals surface area contributed by atoms with E-state index in [1.165, 1.54) is 46.4 Å². The fraction of sp³-hybridized carbons (Fsp3) is 0.100. The highest BCUT2D eigenvalue weighted by Gasteiger charge is 2.17. The molecule has 1 aromatic carbocycles. The van der Waals surface area contributed by atoms with Gasteiger partial charge in [0.1, 0.15) is 17.3 Å². The van der Waals surface area contributed by atoms with E-state index < -0.39 is 11.7 Å². The number of benzene rings is 1. The van der Waals surface area contributed by atoms with Crippen LogP contribution >= 0.6 is 11.3 Å². The van der Waals surface area contributed by atoms with Crippen molar-refractivity contribution in [3.8, 4) is 16.5 Å². The van der Waals surface area contributed by atoms with Gasteiger partial charge in [-0.3, -0.25) is 14.6 Å². The topological polar surface area (TPSA) is 92.7 Å². The van der Waals surface area contributed by atoms with E-state index in [1.807, 2.05) is 24.4 Å². The first-order valence-corrected chi connectivity index (χ1v) is 9.73. The second-order valence-electron chi connectivity index (χ2n) is 6.18. The van der Waals surface area contributed by atoms with Gasteiger partial charge in [0.05, 0.1) is 4.88 Å². The predicted molar refractivity (Wildman–Crippen MR) is 109 cm³/mol. The highest BCUT2D eigenvalue weighted by molar-refractivity contribution is 7.13. The van der Waals surface area contributed by atoms with Gasteiger partial charge in [-0.25, -0.2) is 9.37 Å².